The summed E-state index contributed by atoms with van der Waals surface area (Å²) >= 11 is 0. The predicted octanol–water partition coefficient (Wildman–Crippen LogP) is 2.40. The number of hydrogen-bond donors (Lipinski definition) is 0. The first-order chi connectivity index (χ1) is 57.5. The van der Waals surface area contributed by atoms with Crippen molar-refractivity contribution in [2.45, 2.75) is 108 Å². The van der Waals surface area contributed by atoms with E-state index >= 15 is 0 Å². The number of hydrogen-bond acceptors (Lipinski definition) is 24. The minimum Gasteiger partial charge on any atom is -0.476 e. The Morgan fingerprint density at radius 1 is 0.294 bits per heavy atom. The number of benzene rings is 5. The third-order valence-corrected chi connectivity index (χ3v) is 34.3. The average Bonchev–Trinajstić information content (AvgIpc) is 1.07. The maximum absolute atomic E-state index is 4.42. The predicted molar refractivity (Wildman–Crippen MR) is 523 cm³/mol. The molecule has 0 atom stereocenters. The standard InChI is InChI=1S/C22H21B2N5Si.C15H23B2N5Si.C12H17B2N5Si.2C8H17B2N5Si.C7H15B2N5Si.6Pd/c1-27-23(19-11-5-2-6-12-19)28(21-15-9-4-10-16-21)30-29(22-17-18-25-26-22)24(27)20-13-7-3-8-14-20;1-15(2,3)22-16(4)20(13-9-7-6-8-10-13)23-21(17(22)5)14-11-12-18-19-14;1-13-17(3)20-19(12-9-10-15-16-12)14(2)18(13)11-7-5-4-6-8-11;1-7-6-11-12-8(7)15-10(3)13(4)9(2)14(5)16-15;1-7-6-8(12-11-7)15-10(3)13(4)9(2)14(5)16-15;1-8-12(3)9(2)14(15-13(8)4)7-5-6-10-11-7;;;;;;/h2-18,30H,1H3;6-12,23H,1-5H3;4-10,20H,1-3H3;2*6,16H,1-5H3;5-6,15H,1-4H3;;;;;;/q6*-1;;;;;;. The molecule has 0 spiro atoms. The first-order valence-corrected chi connectivity index (χ1v) is 47.4. The summed E-state index contributed by atoms with van der Waals surface area (Å²) in [4.78, 5) is 0. The third-order valence-electron chi connectivity index (χ3n) is 23.8. The molecule has 54 heteroatoms. The van der Waals surface area contributed by atoms with E-state index in [2.05, 4.69) is 453 Å². The average molecular weight is 2330 g/mol. The molecule has 6 radical (unpaired) electrons. The number of rotatable bonds is 11. The molecule has 11 aromatic rings. The van der Waals surface area contributed by atoms with Crippen molar-refractivity contribution in [1.29, 1.82) is 0 Å². The molecule has 6 aliphatic rings. The maximum atomic E-state index is 4.42. The van der Waals surface area contributed by atoms with E-state index in [1.54, 1.807) is 24.8 Å². The Morgan fingerprint density at radius 3 is 0.992 bits per heavy atom. The van der Waals surface area contributed by atoms with Crippen LogP contribution >= 0.6 is 0 Å². The van der Waals surface area contributed by atoms with Gasteiger partial charge in [-0.15, -0.1) is 0 Å². The quantitative estimate of drug-likeness (QED) is 0.170. The Bertz CT molecular complexity index is 4840. The second-order valence-electron chi connectivity index (χ2n) is 32.4. The van der Waals surface area contributed by atoms with E-state index in [1.807, 2.05) is 37.4 Å². The Kier molecular flexibility index (Phi) is 44.5. The van der Waals surface area contributed by atoms with Gasteiger partial charge in [-0.05, 0) is 209 Å². The van der Waals surface area contributed by atoms with Crippen LogP contribution in [0, 0.1) is 13.8 Å². The van der Waals surface area contributed by atoms with Crippen molar-refractivity contribution in [2.75, 3.05) is 96.9 Å². The van der Waals surface area contributed by atoms with Gasteiger partial charge in [0.05, 0.1) is 29.5 Å². The van der Waals surface area contributed by atoms with E-state index in [9.17, 15) is 0 Å². The van der Waals surface area contributed by atoms with Crippen LogP contribution in [0.3, 0.4) is 0 Å². The molecule has 17 rings (SSSR count). The van der Waals surface area contributed by atoms with Crippen LogP contribution in [0.5, 0.6) is 0 Å². The van der Waals surface area contributed by atoms with Crippen LogP contribution < -0.4 is 82.1 Å². The van der Waals surface area contributed by atoms with E-state index in [-0.39, 0.29) is 215 Å². The van der Waals surface area contributed by atoms with Crippen molar-refractivity contribution in [3.63, 3.8) is 0 Å². The first kappa shape index (κ1) is 110. The summed E-state index contributed by atoms with van der Waals surface area (Å²) in [5.41, 5.74) is 8.47. The molecule has 0 saturated carbocycles. The van der Waals surface area contributed by atoms with Crippen molar-refractivity contribution >= 4 is 206 Å². The number of aryl methyl sites for hydroxylation is 2. The molecular formula is C72H110B12N30Pd6Si6-6. The van der Waals surface area contributed by atoms with Crippen LogP contribution in [0.1, 0.15) is 32.0 Å². The Balaban J connectivity index is 0.000000235. The Hall–Kier alpha value is -4.75. The van der Waals surface area contributed by atoms with Gasteiger partial charge < -0.3 is 113 Å². The summed E-state index contributed by atoms with van der Waals surface area (Å²) in [5, 5.41) is 49.6. The van der Waals surface area contributed by atoms with Crippen molar-refractivity contribution < 1.29 is 123 Å². The monoisotopic (exact) mass is 2330 g/mol. The normalized spacial score (nSPS) is 16.8. The molecule has 674 valence electrons. The molecule has 0 amide bonds. The molecule has 6 aliphatic heterocycles. The van der Waals surface area contributed by atoms with Gasteiger partial charge in [0.25, 0.3) is 20.9 Å². The second kappa shape index (κ2) is 50.9. The van der Waals surface area contributed by atoms with Gasteiger partial charge in [0.1, 0.15) is 29.5 Å². The van der Waals surface area contributed by atoms with E-state index in [1.165, 1.54) is 28.0 Å². The van der Waals surface area contributed by atoms with Crippen molar-refractivity contribution in [3.8, 4) is 0 Å². The molecule has 12 heterocycles. The minimum absolute atomic E-state index is 0. The molecule has 0 unspecified atom stereocenters. The van der Waals surface area contributed by atoms with Crippen molar-refractivity contribution in [2.24, 2.45) is 0 Å². The van der Waals surface area contributed by atoms with Gasteiger partial charge in [0.15, 0.2) is 0 Å². The van der Waals surface area contributed by atoms with E-state index < -0.39 is 0 Å². The zero-order chi connectivity index (χ0) is 85.8. The summed E-state index contributed by atoms with van der Waals surface area (Å²) < 4.78 is 43.1. The fourth-order valence-corrected chi connectivity index (χ4v) is 25.2. The van der Waals surface area contributed by atoms with E-state index in [0.29, 0.717) is 55.9 Å². The summed E-state index contributed by atoms with van der Waals surface area (Å²) in [6.45, 7) is 37.4. The Labute approximate surface area is 851 Å². The number of nitrogens with zero attached hydrogens (tertiary/aromatic N) is 30. The smallest absolute Gasteiger partial charge is 0.358 e. The zero-order valence-corrected chi connectivity index (χ0v) is 92.2. The molecule has 30 nitrogen and oxygen atoms in total. The molecule has 126 heavy (non-hydrogen) atoms. The summed E-state index contributed by atoms with van der Waals surface area (Å²) in [6.07, 6.45) is 8.88. The second-order valence-corrected chi connectivity index (χ2v) is 41.5. The molecule has 0 aliphatic carbocycles. The number of anilines is 9. The topological polar surface area (TPSA) is 220 Å². The van der Waals surface area contributed by atoms with Crippen molar-refractivity contribution in [1.82, 2.24) is 103 Å². The summed E-state index contributed by atoms with van der Waals surface area (Å²) in [6, 6.07) is 63.3. The number of para-hydroxylation sites is 3. The van der Waals surface area contributed by atoms with Crippen LogP contribution in [0.25, 0.3) is 0 Å². The van der Waals surface area contributed by atoms with Gasteiger partial charge in [0, 0.05) is 176 Å². The van der Waals surface area contributed by atoms with E-state index in [0.717, 1.165) is 46.2 Å². The van der Waals surface area contributed by atoms with E-state index in [4.69, 9.17) is 0 Å². The largest absolute Gasteiger partial charge is 0.476 e. The van der Waals surface area contributed by atoms with Gasteiger partial charge in [0.2, 0.25) is 41.9 Å². The minimum atomic E-state index is -0.273. The molecule has 6 aromatic heterocycles. The number of aromatic nitrogens is 12. The van der Waals surface area contributed by atoms with Crippen LogP contribution in [-0.2, 0) is 123 Å². The molecule has 5 aromatic carbocycles. The Morgan fingerprint density at radius 2 is 0.619 bits per heavy atom. The van der Waals surface area contributed by atoms with Crippen LogP contribution in [0.2, 0.25) is 68.2 Å². The molecule has 6 fully saturated rings. The van der Waals surface area contributed by atoms with Crippen LogP contribution in [0.4, 0.5) is 52.0 Å². The van der Waals surface area contributed by atoms with Gasteiger partial charge in [-0.3, -0.25) is 30.6 Å². The zero-order valence-electron chi connectivity index (χ0n) is 75.9. The van der Waals surface area contributed by atoms with Crippen LogP contribution in [0.15, 0.2) is 213 Å². The molecule has 6 saturated heterocycles. The SMILES string of the molecule is CB1N(C)[SiH]N(c2[n-]ncc2C)B(C)N1C.CB1N(C)[SiH]N(c2cc(C)n[n-]2)B(C)N1C.CB1N(C)[SiH]N(c2ccn[n-]2)B(C)N1C.CB1N(C)[SiH]N(c2ccn[n-]2)B(C)N1c1ccccc1.CB1N(c2ccccc2)[SiH]N(c2ccn[n-]2)B(C)N1C(C)(C)C.CN1B(c2ccccc2)N(c2ccccc2)[SiH]N(c2ccn[n-]2)B1c1ccccc1.[Pd].[Pd].[Pd].[Pd].[Pd].[Pd]. The molecular weight excluding hydrogens is 2220 g/mol. The third kappa shape index (κ3) is 26.2. The van der Waals surface area contributed by atoms with Gasteiger partial charge >= 0.3 is 20.9 Å². The summed E-state index contributed by atoms with van der Waals surface area (Å²) in [7, 11) is 17.3. The van der Waals surface area contributed by atoms with Gasteiger partial charge in [-0.1, -0.05) is 189 Å². The van der Waals surface area contributed by atoms with Crippen molar-refractivity contribution in [3.05, 3.63) is 224 Å². The molecule has 0 N–H and O–H groups in total. The first-order valence-electron chi connectivity index (χ1n) is 41.2. The van der Waals surface area contributed by atoms with Gasteiger partial charge in [-0.2, -0.15) is 0 Å². The molecule has 0 bridgehead atoms. The summed E-state index contributed by atoms with van der Waals surface area (Å²) in [5.74, 6) is 5.88. The van der Waals surface area contributed by atoms with Gasteiger partial charge in [-0.25, -0.2) is 0 Å². The maximum Gasteiger partial charge on any atom is 0.358 e. The fourth-order valence-electron chi connectivity index (χ4n) is 16.1. The van der Waals surface area contributed by atoms with Crippen LogP contribution in [-0.4, -0.2) is 277 Å². The fraction of sp³-hybridized carbons (Fsp3) is 0.333.